The Labute approximate surface area is 108 Å². The Bertz CT molecular complexity index is 468. The molecule has 0 aliphatic carbocycles. The van der Waals surface area contributed by atoms with Crippen molar-refractivity contribution in [1.29, 1.82) is 0 Å². The average Bonchev–Trinajstić information content (AvgIpc) is 2.70. The molecule has 0 spiro atoms. The first kappa shape index (κ1) is 15.1. The summed E-state index contributed by atoms with van der Waals surface area (Å²) in [7, 11) is -1.94. The lowest BCUT2D eigenvalue weighted by Gasteiger charge is -2.23. The highest BCUT2D eigenvalue weighted by atomic mass is 32.2. The van der Waals surface area contributed by atoms with Gasteiger partial charge in [-0.05, 0) is 12.8 Å². The van der Waals surface area contributed by atoms with Crippen LogP contribution in [0, 0.1) is 12.8 Å². The Morgan fingerprint density at radius 3 is 2.61 bits per heavy atom. The largest absolute Gasteiger partial charge is 0.383 e. The highest BCUT2D eigenvalue weighted by Gasteiger charge is 2.27. The molecule has 0 amide bonds. The summed E-state index contributed by atoms with van der Waals surface area (Å²) in [6, 6.07) is 0. The molecule has 1 N–H and O–H groups in total. The minimum Gasteiger partial charge on any atom is -0.383 e. The van der Waals surface area contributed by atoms with Crippen LogP contribution in [0.4, 0.5) is 0 Å². The van der Waals surface area contributed by atoms with E-state index in [1.165, 1.54) is 10.5 Å². The number of nitrogens with zero attached hydrogens (tertiary/aromatic N) is 2. The van der Waals surface area contributed by atoms with Crippen LogP contribution in [0.5, 0.6) is 0 Å². The smallest absolute Gasteiger partial charge is 0.246 e. The van der Waals surface area contributed by atoms with Crippen LogP contribution in [0.1, 0.15) is 19.5 Å². The number of methoxy groups -OCH3 is 1. The van der Waals surface area contributed by atoms with Gasteiger partial charge in [-0.15, -0.1) is 0 Å². The van der Waals surface area contributed by atoms with Crippen LogP contribution in [0.2, 0.25) is 0 Å². The number of sulfonamides is 1. The third-order valence-electron chi connectivity index (χ3n) is 2.52. The van der Waals surface area contributed by atoms with Crippen LogP contribution in [-0.4, -0.2) is 49.7 Å². The third kappa shape index (κ3) is 3.54. The normalized spacial score (nSPS) is 12.6. The number of ether oxygens (including phenoxy) is 1. The monoisotopic (exact) mass is 275 g/mol. The molecule has 0 aliphatic heterocycles. The van der Waals surface area contributed by atoms with Gasteiger partial charge < -0.3 is 4.74 Å². The number of H-pyrrole nitrogens is 1. The summed E-state index contributed by atoms with van der Waals surface area (Å²) < 4.78 is 31.3. The maximum atomic E-state index is 12.5. The first-order valence-corrected chi connectivity index (χ1v) is 7.32. The van der Waals surface area contributed by atoms with E-state index in [0.29, 0.717) is 25.4 Å². The molecule has 7 heteroatoms. The highest BCUT2D eigenvalue weighted by Crippen LogP contribution is 2.18. The molecule has 1 heterocycles. The van der Waals surface area contributed by atoms with Gasteiger partial charge in [-0.25, -0.2) is 8.42 Å². The molecule has 0 radical (unpaired) electrons. The molecule has 0 bridgehead atoms. The Morgan fingerprint density at radius 1 is 1.50 bits per heavy atom. The molecule has 0 atom stereocenters. The summed E-state index contributed by atoms with van der Waals surface area (Å²) in [4.78, 5) is 0.235. The summed E-state index contributed by atoms with van der Waals surface area (Å²) in [6.45, 7) is 6.86. The SMILES string of the molecule is COCCN(CC(C)C)S(=O)(=O)c1cn[nH]c1C. The van der Waals surface area contributed by atoms with Crippen LogP contribution in [0.3, 0.4) is 0 Å². The van der Waals surface area contributed by atoms with Crippen molar-refractivity contribution in [3.63, 3.8) is 0 Å². The Balaban J connectivity index is 2.99. The van der Waals surface area contributed by atoms with Gasteiger partial charge in [0.25, 0.3) is 0 Å². The van der Waals surface area contributed by atoms with E-state index in [2.05, 4.69) is 10.2 Å². The van der Waals surface area contributed by atoms with E-state index in [-0.39, 0.29) is 10.8 Å². The lowest BCUT2D eigenvalue weighted by molar-refractivity contribution is 0.175. The van der Waals surface area contributed by atoms with Crippen molar-refractivity contribution >= 4 is 10.0 Å². The molecular weight excluding hydrogens is 254 g/mol. The van der Waals surface area contributed by atoms with E-state index < -0.39 is 10.0 Å². The van der Waals surface area contributed by atoms with Crippen LogP contribution in [0.25, 0.3) is 0 Å². The first-order valence-electron chi connectivity index (χ1n) is 5.88. The van der Waals surface area contributed by atoms with Crippen molar-refractivity contribution < 1.29 is 13.2 Å². The predicted molar refractivity (Wildman–Crippen MR) is 68.8 cm³/mol. The van der Waals surface area contributed by atoms with Gasteiger partial charge in [-0.3, -0.25) is 5.10 Å². The second-order valence-electron chi connectivity index (χ2n) is 4.61. The quantitative estimate of drug-likeness (QED) is 0.806. The number of aryl methyl sites for hydroxylation is 1. The minimum atomic E-state index is -3.50. The lowest BCUT2D eigenvalue weighted by atomic mass is 10.2. The lowest BCUT2D eigenvalue weighted by Crippen LogP contribution is -2.36. The number of hydrogen-bond donors (Lipinski definition) is 1. The van der Waals surface area contributed by atoms with Gasteiger partial charge in [-0.2, -0.15) is 9.40 Å². The molecule has 0 fully saturated rings. The highest BCUT2D eigenvalue weighted by molar-refractivity contribution is 7.89. The van der Waals surface area contributed by atoms with Gasteiger partial charge >= 0.3 is 0 Å². The van der Waals surface area contributed by atoms with Crippen LogP contribution < -0.4 is 0 Å². The fraction of sp³-hybridized carbons (Fsp3) is 0.727. The standard InChI is InChI=1S/C11H21N3O3S/c1-9(2)8-14(5-6-17-4)18(15,16)11-7-12-13-10(11)3/h7,9H,5-6,8H2,1-4H3,(H,12,13). The van der Waals surface area contributed by atoms with Crippen molar-refractivity contribution in [3.8, 4) is 0 Å². The Morgan fingerprint density at radius 2 is 2.17 bits per heavy atom. The third-order valence-corrected chi connectivity index (χ3v) is 4.49. The molecule has 104 valence electrons. The van der Waals surface area contributed by atoms with E-state index >= 15 is 0 Å². The average molecular weight is 275 g/mol. The van der Waals surface area contributed by atoms with E-state index in [4.69, 9.17) is 4.74 Å². The number of rotatable bonds is 7. The van der Waals surface area contributed by atoms with Gasteiger partial charge in [0.15, 0.2) is 0 Å². The number of aromatic amines is 1. The van der Waals surface area contributed by atoms with E-state index in [0.717, 1.165) is 0 Å². The number of nitrogens with one attached hydrogen (secondary N) is 1. The molecule has 0 saturated carbocycles. The number of hydrogen-bond acceptors (Lipinski definition) is 4. The molecule has 1 rings (SSSR count). The summed E-state index contributed by atoms with van der Waals surface area (Å²) in [5, 5.41) is 6.42. The zero-order chi connectivity index (χ0) is 13.8. The fourth-order valence-corrected chi connectivity index (χ4v) is 3.35. The van der Waals surface area contributed by atoms with Crippen molar-refractivity contribution in [1.82, 2.24) is 14.5 Å². The molecule has 1 aromatic rings. The molecule has 1 aromatic heterocycles. The predicted octanol–water partition coefficient (Wildman–Crippen LogP) is 1.01. The summed E-state index contributed by atoms with van der Waals surface area (Å²) >= 11 is 0. The van der Waals surface area contributed by atoms with Gasteiger partial charge in [0.1, 0.15) is 4.90 Å². The van der Waals surface area contributed by atoms with Crippen LogP contribution in [-0.2, 0) is 14.8 Å². The maximum absolute atomic E-state index is 12.5. The van der Waals surface area contributed by atoms with Crippen LogP contribution in [0.15, 0.2) is 11.1 Å². The fourth-order valence-electron chi connectivity index (χ4n) is 1.65. The summed E-state index contributed by atoms with van der Waals surface area (Å²) in [5.41, 5.74) is 0.557. The van der Waals surface area contributed by atoms with E-state index in [1.807, 2.05) is 13.8 Å². The molecule has 0 aliphatic rings. The van der Waals surface area contributed by atoms with Gasteiger partial charge in [-0.1, -0.05) is 13.8 Å². The minimum absolute atomic E-state index is 0.235. The van der Waals surface area contributed by atoms with Crippen LogP contribution >= 0.6 is 0 Å². The molecule has 18 heavy (non-hydrogen) atoms. The maximum Gasteiger partial charge on any atom is 0.246 e. The summed E-state index contributed by atoms with van der Waals surface area (Å²) in [6.07, 6.45) is 1.35. The molecular formula is C11H21N3O3S. The van der Waals surface area contributed by atoms with Gasteiger partial charge in [0.05, 0.1) is 18.5 Å². The molecule has 0 saturated heterocycles. The number of aromatic nitrogens is 2. The van der Waals surface area contributed by atoms with E-state index in [1.54, 1.807) is 14.0 Å². The van der Waals surface area contributed by atoms with Gasteiger partial charge in [0.2, 0.25) is 10.0 Å². The Hall–Kier alpha value is -0.920. The zero-order valence-corrected chi connectivity index (χ0v) is 12.1. The summed E-state index contributed by atoms with van der Waals surface area (Å²) in [5.74, 6) is 0.254. The van der Waals surface area contributed by atoms with Crippen molar-refractivity contribution in [2.24, 2.45) is 5.92 Å². The first-order chi connectivity index (χ1) is 8.39. The molecule has 0 aromatic carbocycles. The second kappa shape index (κ2) is 6.31. The van der Waals surface area contributed by atoms with E-state index in [9.17, 15) is 8.42 Å². The molecule has 0 unspecified atom stereocenters. The molecule has 6 nitrogen and oxygen atoms in total. The zero-order valence-electron chi connectivity index (χ0n) is 11.3. The van der Waals surface area contributed by atoms with Crippen molar-refractivity contribution in [3.05, 3.63) is 11.9 Å². The second-order valence-corrected chi connectivity index (χ2v) is 6.52. The Kier molecular flexibility index (Phi) is 5.30. The van der Waals surface area contributed by atoms with Crippen molar-refractivity contribution in [2.45, 2.75) is 25.7 Å². The topological polar surface area (TPSA) is 75.3 Å². The van der Waals surface area contributed by atoms with Gasteiger partial charge in [0, 0.05) is 20.2 Å². The van der Waals surface area contributed by atoms with Crippen molar-refractivity contribution in [2.75, 3.05) is 26.8 Å².